The van der Waals surface area contributed by atoms with Crippen LogP contribution in [0.15, 0.2) is 0 Å². The van der Waals surface area contributed by atoms with Crippen molar-refractivity contribution in [1.82, 2.24) is 3.71 Å². The molecule has 0 amide bonds. The van der Waals surface area contributed by atoms with Crippen molar-refractivity contribution in [2.45, 2.75) is 32.0 Å². The highest BCUT2D eigenvalue weighted by Gasteiger charge is 2.56. The average molecular weight is 323 g/mol. The Morgan fingerprint density at radius 1 is 1.00 bits per heavy atom. The van der Waals surface area contributed by atoms with Crippen LogP contribution in [0.5, 0.6) is 0 Å². The Labute approximate surface area is 107 Å². The third-order valence-electron chi connectivity index (χ3n) is 2.62. The minimum Gasteiger partial charge on any atom is -0.323 e. The molecular formula is C7H18NO7PS2. The van der Waals surface area contributed by atoms with Crippen LogP contribution in [0.1, 0.15) is 26.7 Å². The summed E-state index contributed by atoms with van der Waals surface area (Å²) in [4.78, 5) is 18.7. The van der Waals surface area contributed by atoms with Crippen molar-refractivity contribution in [3.05, 3.63) is 0 Å². The zero-order valence-corrected chi connectivity index (χ0v) is 13.1. The molecule has 0 saturated carbocycles. The van der Waals surface area contributed by atoms with Gasteiger partial charge in [0.1, 0.15) is 0 Å². The second-order valence-electron chi connectivity index (χ2n) is 3.96. The van der Waals surface area contributed by atoms with E-state index in [9.17, 15) is 31.2 Å². The number of nitrogens with zero attached hydrogens (tertiary/aromatic N) is 1. The van der Waals surface area contributed by atoms with E-state index in [0.29, 0.717) is 12.5 Å². The molecule has 0 rings (SSSR count). The molecule has 0 aromatic carbocycles. The van der Waals surface area contributed by atoms with Crippen molar-refractivity contribution < 1.29 is 31.2 Å². The molecule has 0 saturated heterocycles. The summed E-state index contributed by atoms with van der Waals surface area (Å²) >= 11 is 0. The first-order valence-corrected chi connectivity index (χ1v) is 10.3. The van der Waals surface area contributed by atoms with Crippen LogP contribution in [-0.2, 0) is 24.6 Å². The van der Waals surface area contributed by atoms with Crippen molar-refractivity contribution in [3.8, 4) is 0 Å². The molecule has 0 aromatic heterocycles. The van der Waals surface area contributed by atoms with Gasteiger partial charge < -0.3 is 9.79 Å². The van der Waals surface area contributed by atoms with Gasteiger partial charge in [-0.15, -0.1) is 0 Å². The molecule has 0 radical (unpaired) electrons. The Hall–Kier alpha value is 0.01000. The van der Waals surface area contributed by atoms with Gasteiger partial charge in [-0.25, -0.2) is 16.8 Å². The lowest BCUT2D eigenvalue weighted by Crippen LogP contribution is -2.53. The molecule has 8 nitrogen and oxygen atoms in total. The quantitative estimate of drug-likeness (QED) is 0.653. The van der Waals surface area contributed by atoms with E-state index in [4.69, 9.17) is 0 Å². The van der Waals surface area contributed by atoms with Gasteiger partial charge in [0.2, 0.25) is 20.0 Å². The summed E-state index contributed by atoms with van der Waals surface area (Å²) in [5.74, 6) is 0. The molecule has 0 unspecified atom stereocenters. The van der Waals surface area contributed by atoms with Gasteiger partial charge in [-0.05, 0) is 12.8 Å². The van der Waals surface area contributed by atoms with Crippen molar-refractivity contribution in [3.63, 3.8) is 0 Å². The number of hydrogen-bond donors (Lipinski definition) is 2. The molecule has 0 fully saturated rings. The van der Waals surface area contributed by atoms with E-state index in [0.717, 1.165) is 0 Å². The SMILES string of the molecule is CCC(CC)(N(S(C)(=O)=O)S(C)(=O)=O)P(=O)(O)O. The van der Waals surface area contributed by atoms with E-state index >= 15 is 0 Å². The molecule has 18 heavy (non-hydrogen) atoms. The maximum absolute atomic E-state index is 11.6. The highest BCUT2D eigenvalue weighted by atomic mass is 32.3. The van der Waals surface area contributed by atoms with Crippen LogP contribution < -0.4 is 0 Å². The largest absolute Gasteiger partial charge is 0.347 e. The minimum atomic E-state index is -4.99. The predicted octanol–water partition coefficient (Wildman–Crippen LogP) is -0.0984. The summed E-state index contributed by atoms with van der Waals surface area (Å²) in [6.07, 6.45) is 0.551. The molecule has 2 N–H and O–H groups in total. The molecule has 11 heteroatoms. The fraction of sp³-hybridized carbons (Fsp3) is 1.00. The van der Waals surface area contributed by atoms with Crippen LogP contribution >= 0.6 is 7.60 Å². The number of sulfonamides is 2. The first kappa shape index (κ1) is 18.0. The van der Waals surface area contributed by atoms with E-state index in [1.54, 1.807) is 0 Å². The summed E-state index contributed by atoms with van der Waals surface area (Å²) in [7, 11) is -13.7. The van der Waals surface area contributed by atoms with Crippen molar-refractivity contribution in [1.29, 1.82) is 0 Å². The lowest BCUT2D eigenvalue weighted by Gasteiger charge is -2.39. The fourth-order valence-electron chi connectivity index (χ4n) is 1.89. The molecule has 0 aliphatic rings. The standard InChI is InChI=1S/C7H18NO7PS2/c1-5-7(6-2,16(9,10)11)8(17(3,12)13)18(4,14)15/h5-6H2,1-4H3,(H2,9,10,11). The summed E-state index contributed by atoms with van der Waals surface area (Å²) < 4.78 is 57.9. The van der Waals surface area contributed by atoms with Crippen molar-refractivity contribution >= 4 is 27.6 Å². The van der Waals surface area contributed by atoms with E-state index in [1.807, 2.05) is 0 Å². The third kappa shape index (κ3) is 3.31. The molecule has 0 bridgehead atoms. The monoisotopic (exact) mass is 323 g/mol. The maximum atomic E-state index is 11.6. The number of rotatable bonds is 6. The molecule has 0 atom stereocenters. The van der Waals surface area contributed by atoms with E-state index in [-0.39, 0.29) is 16.6 Å². The van der Waals surface area contributed by atoms with Gasteiger partial charge in [0.05, 0.1) is 12.5 Å². The Bertz CT molecular complexity index is 510. The summed E-state index contributed by atoms with van der Waals surface area (Å²) in [5, 5.41) is -2.27. The van der Waals surface area contributed by atoms with Crippen LogP contribution in [0.25, 0.3) is 0 Å². The van der Waals surface area contributed by atoms with Gasteiger partial charge in [-0.3, -0.25) is 4.57 Å². The normalized spacial score (nSPS) is 15.1. The van der Waals surface area contributed by atoms with Crippen LogP contribution in [0.4, 0.5) is 0 Å². The molecule has 110 valence electrons. The van der Waals surface area contributed by atoms with Crippen molar-refractivity contribution in [2.24, 2.45) is 0 Å². The zero-order chi connectivity index (χ0) is 15.0. The van der Waals surface area contributed by atoms with Crippen LogP contribution in [-0.4, -0.2) is 48.1 Å². The summed E-state index contributed by atoms with van der Waals surface area (Å²) in [6.45, 7) is 2.65. The first-order valence-electron chi connectivity index (χ1n) is 5.00. The molecule has 0 aromatic rings. The van der Waals surface area contributed by atoms with E-state index < -0.39 is 32.9 Å². The molecular weight excluding hydrogens is 305 g/mol. The van der Waals surface area contributed by atoms with Crippen LogP contribution in [0, 0.1) is 0 Å². The van der Waals surface area contributed by atoms with Crippen LogP contribution in [0.2, 0.25) is 0 Å². The Kier molecular flexibility index (Phi) is 5.18. The first-order chi connectivity index (χ1) is 7.74. The molecule has 0 spiro atoms. The maximum Gasteiger partial charge on any atom is 0.347 e. The van der Waals surface area contributed by atoms with Gasteiger partial charge in [-0.1, -0.05) is 17.6 Å². The summed E-state index contributed by atoms with van der Waals surface area (Å²) in [5.41, 5.74) is 0. The van der Waals surface area contributed by atoms with Gasteiger partial charge in [0.15, 0.2) is 5.28 Å². The Morgan fingerprint density at radius 2 is 1.28 bits per heavy atom. The predicted molar refractivity (Wildman–Crippen MR) is 66.9 cm³/mol. The Morgan fingerprint density at radius 3 is 1.33 bits per heavy atom. The second-order valence-corrected chi connectivity index (χ2v) is 9.77. The zero-order valence-electron chi connectivity index (χ0n) is 10.6. The second kappa shape index (κ2) is 5.18. The van der Waals surface area contributed by atoms with Gasteiger partial charge in [0, 0.05) is 0 Å². The van der Waals surface area contributed by atoms with E-state index in [2.05, 4.69) is 0 Å². The van der Waals surface area contributed by atoms with Gasteiger partial charge in [0.25, 0.3) is 0 Å². The van der Waals surface area contributed by atoms with Crippen molar-refractivity contribution in [2.75, 3.05) is 12.5 Å². The molecule has 0 heterocycles. The van der Waals surface area contributed by atoms with Gasteiger partial charge in [-0.2, -0.15) is 0 Å². The van der Waals surface area contributed by atoms with Crippen LogP contribution in [0.3, 0.4) is 0 Å². The third-order valence-corrected chi connectivity index (χ3v) is 8.33. The Balaban J connectivity index is 6.45. The minimum absolute atomic E-state index is 0.0617. The molecule has 0 aliphatic heterocycles. The molecule has 0 aliphatic carbocycles. The lowest BCUT2D eigenvalue weighted by atomic mass is 10.2. The smallest absolute Gasteiger partial charge is 0.323 e. The van der Waals surface area contributed by atoms with Gasteiger partial charge >= 0.3 is 7.60 Å². The lowest BCUT2D eigenvalue weighted by molar-refractivity contribution is 0.257. The number of hydrogen-bond acceptors (Lipinski definition) is 5. The summed E-state index contributed by atoms with van der Waals surface area (Å²) in [6, 6.07) is 0. The highest BCUT2D eigenvalue weighted by Crippen LogP contribution is 2.57. The average Bonchev–Trinajstić information content (AvgIpc) is 2.07. The fourth-order valence-corrected chi connectivity index (χ4v) is 8.17. The van der Waals surface area contributed by atoms with E-state index in [1.165, 1.54) is 13.8 Å². The topological polar surface area (TPSA) is 129 Å². The highest BCUT2D eigenvalue weighted by molar-refractivity contribution is 8.03.